The first kappa shape index (κ1) is 11.6. The molecule has 0 radical (unpaired) electrons. The number of aromatic nitrogens is 4. The Bertz CT molecular complexity index is 451. The highest BCUT2D eigenvalue weighted by Crippen LogP contribution is 2.15. The molecular formula is C10H16N6O. The Morgan fingerprint density at radius 2 is 2.41 bits per heavy atom. The van der Waals surface area contributed by atoms with Crippen LogP contribution in [0.4, 0.5) is 5.95 Å². The van der Waals surface area contributed by atoms with Gasteiger partial charge in [0.2, 0.25) is 5.89 Å². The molecule has 0 aliphatic carbocycles. The van der Waals surface area contributed by atoms with Crippen LogP contribution in [0.1, 0.15) is 24.6 Å². The molecule has 2 heterocycles. The summed E-state index contributed by atoms with van der Waals surface area (Å²) in [5.41, 5.74) is 6.92. The van der Waals surface area contributed by atoms with E-state index in [1.165, 1.54) is 0 Å². The van der Waals surface area contributed by atoms with E-state index in [4.69, 9.17) is 10.3 Å². The van der Waals surface area contributed by atoms with Gasteiger partial charge in [-0.2, -0.15) is 4.98 Å². The average molecular weight is 236 g/mol. The number of imidazole rings is 1. The number of nitrogens with two attached hydrogens (primary N) is 1. The molecule has 0 saturated carbocycles. The first-order chi connectivity index (χ1) is 8.20. The maximum Gasteiger partial charge on any atom is 0.265 e. The van der Waals surface area contributed by atoms with Gasteiger partial charge >= 0.3 is 0 Å². The van der Waals surface area contributed by atoms with Gasteiger partial charge in [-0.3, -0.25) is 0 Å². The fraction of sp³-hybridized carbons (Fsp3) is 0.500. The van der Waals surface area contributed by atoms with Gasteiger partial charge in [-0.25, -0.2) is 4.98 Å². The Labute approximate surface area is 99.0 Å². The third kappa shape index (κ3) is 2.62. The van der Waals surface area contributed by atoms with Crippen molar-refractivity contribution in [3.8, 4) is 0 Å². The van der Waals surface area contributed by atoms with Gasteiger partial charge in [-0.15, -0.1) is 0 Å². The Kier molecular flexibility index (Phi) is 3.38. The molecule has 0 fully saturated rings. The smallest absolute Gasteiger partial charge is 0.265 e. The van der Waals surface area contributed by atoms with Crippen LogP contribution in [-0.4, -0.2) is 33.7 Å². The summed E-state index contributed by atoms with van der Waals surface area (Å²) >= 11 is 0. The summed E-state index contributed by atoms with van der Waals surface area (Å²) in [6.07, 6.45) is 3.94. The minimum Gasteiger partial charge on any atom is -0.348 e. The van der Waals surface area contributed by atoms with E-state index in [9.17, 15) is 0 Å². The van der Waals surface area contributed by atoms with E-state index in [0.29, 0.717) is 18.3 Å². The lowest BCUT2D eigenvalue weighted by atomic mass is 10.2. The maximum absolute atomic E-state index is 5.98. The maximum atomic E-state index is 5.98. The lowest BCUT2D eigenvalue weighted by Crippen LogP contribution is -2.18. The van der Waals surface area contributed by atoms with Crippen LogP contribution in [0.25, 0.3) is 0 Å². The highest BCUT2D eigenvalue weighted by Gasteiger charge is 2.17. The van der Waals surface area contributed by atoms with E-state index in [-0.39, 0.29) is 6.04 Å². The van der Waals surface area contributed by atoms with Crippen molar-refractivity contribution in [2.45, 2.75) is 19.4 Å². The summed E-state index contributed by atoms with van der Waals surface area (Å²) in [7, 11) is 1.90. The Morgan fingerprint density at radius 1 is 1.59 bits per heavy atom. The summed E-state index contributed by atoms with van der Waals surface area (Å²) in [5.74, 6) is 0.998. The molecule has 0 aromatic carbocycles. The predicted molar refractivity (Wildman–Crippen MR) is 62.5 cm³/mol. The molecule has 7 heteroatoms. The normalized spacial score (nSPS) is 12.6. The van der Waals surface area contributed by atoms with Crippen molar-refractivity contribution in [1.82, 2.24) is 20.1 Å². The van der Waals surface area contributed by atoms with Crippen LogP contribution in [0.15, 0.2) is 17.0 Å². The minimum absolute atomic E-state index is 0.318. The zero-order chi connectivity index (χ0) is 12.3. The monoisotopic (exact) mass is 236 g/mol. The van der Waals surface area contributed by atoms with Crippen molar-refractivity contribution >= 4 is 5.95 Å². The predicted octanol–water partition coefficient (Wildman–Crippen LogP) is 0.491. The number of H-pyrrole nitrogens is 1. The van der Waals surface area contributed by atoms with E-state index in [2.05, 4.69) is 20.1 Å². The third-order valence-electron chi connectivity index (χ3n) is 2.56. The van der Waals surface area contributed by atoms with E-state index in [1.54, 1.807) is 12.5 Å². The number of nitrogens with one attached hydrogen (secondary N) is 1. The zero-order valence-corrected chi connectivity index (χ0v) is 9.92. The molecule has 0 amide bonds. The Morgan fingerprint density at radius 3 is 3.06 bits per heavy atom. The first-order valence-electron chi connectivity index (χ1n) is 5.48. The molecule has 2 aromatic heterocycles. The van der Waals surface area contributed by atoms with Crippen LogP contribution < -0.4 is 10.6 Å². The van der Waals surface area contributed by atoms with Gasteiger partial charge < -0.3 is 20.1 Å². The number of rotatable bonds is 5. The van der Waals surface area contributed by atoms with Gasteiger partial charge in [0.15, 0.2) is 0 Å². The number of anilines is 1. The quantitative estimate of drug-likeness (QED) is 0.784. The molecule has 3 N–H and O–H groups in total. The average Bonchev–Trinajstić information content (AvgIpc) is 2.98. The summed E-state index contributed by atoms with van der Waals surface area (Å²) < 4.78 is 5.14. The van der Waals surface area contributed by atoms with Crippen LogP contribution in [0, 0.1) is 0 Å². The molecule has 7 nitrogen and oxygen atoms in total. The van der Waals surface area contributed by atoms with Crippen molar-refractivity contribution in [3.05, 3.63) is 24.1 Å². The molecule has 1 atom stereocenters. The highest BCUT2D eigenvalue weighted by molar-refractivity contribution is 5.25. The van der Waals surface area contributed by atoms with Crippen LogP contribution in [0.3, 0.4) is 0 Å². The number of aromatic amines is 1. The van der Waals surface area contributed by atoms with Crippen molar-refractivity contribution in [1.29, 1.82) is 0 Å². The van der Waals surface area contributed by atoms with Gasteiger partial charge in [0.25, 0.3) is 5.95 Å². The van der Waals surface area contributed by atoms with Crippen LogP contribution in [-0.2, 0) is 6.42 Å². The van der Waals surface area contributed by atoms with Gasteiger partial charge in [-0.1, -0.05) is 0 Å². The van der Waals surface area contributed by atoms with Crippen LogP contribution in [0.2, 0.25) is 0 Å². The van der Waals surface area contributed by atoms with Gasteiger partial charge in [0.05, 0.1) is 12.4 Å². The van der Waals surface area contributed by atoms with E-state index >= 15 is 0 Å². The fourth-order valence-electron chi connectivity index (χ4n) is 1.39. The van der Waals surface area contributed by atoms with Gasteiger partial charge in [0.1, 0.15) is 0 Å². The van der Waals surface area contributed by atoms with Crippen LogP contribution >= 0.6 is 0 Å². The highest BCUT2D eigenvalue weighted by atomic mass is 16.5. The molecule has 2 rings (SSSR count). The second-order valence-corrected chi connectivity index (χ2v) is 3.83. The second-order valence-electron chi connectivity index (χ2n) is 3.83. The summed E-state index contributed by atoms with van der Waals surface area (Å²) in [5, 5.41) is 3.87. The van der Waals surface area contributed by atoms with Crippen molar-refractivity contribution in [3.63, 3.8) is 0 Å². The van der Waals surface area contributed by atoms with E-state index in [0.717, 1.165) is 12.2 Å². The first-order valence-corrected chi connectivity index (χ1v) is 5.48. The summed E-state index contributed by atoms with van der Waals surface area (Å²) in [4.78, 5) is 13.1. The summed E-state index contributed by atoms with van der Waals surface area (Å²) in [6.45, 7) is 2.83. The second kappa shape index (κ2) is 4.96. The summed E-state index contributed by atoms with van der Waals surface area (Å²) in [6, 6.07) is -0.318. The molecule has 17 heavy (non-hydrogen) atoms. The fourth-order valence-corrected chi connectivity index (χ4v) is 1.39. The van der Waals surface area contributed by atoms with Gasteiger partial charge in [0, 0.05) is 31.9 Å². The Hall–Kier alpha value is -1.89. The molecule has 92 valence electrons. The Balaban J connectivity index is 2.04. The number of nitrogens with zero attached hydrogens (tertiary/aromatic N) is 4. The molecule has 2 aromatic rings. The lowest BCUT2D eigenvalue weighted by molar-refractivity contribution is 0.353. The van der Waals surface area contributed by atoms with E-state index in [1.807, 2.05) is 18.9 Å². The molecule has 0 aliphatic rings. The van der Waals surface area contributed by atoms with Crippen molar-refractivity contribution in [2.75, 3.05) is 18.5 Å². The standard InChI is InChI=1S/C10H16N6O/c1-3-16(2)10-14-9(17-15-10)8(11)4-7-5-12-6-13-7/h5-6,8H,3-4,11H2,1-2H3,(H,12,13)/t8-/m0/s1. The zero-order valence-electron chi connectivity index (χ0n) is 9.92. The van der Waals surface area contributed by atoms with Gasteiger partial charge in [-0.05, 0) is 12.1 Å². The molecule has 0 spiro atoms. The van der Waals surface area contributed by atoms with Crippen molar-refractivity contribution < 1.29 is 4.52 Å². The molecule has 0 aliphatic heterocycles. The number of hydrogen-bond donors (Lipinski definition) is 2. The SMILES string of the molecule is CCN(C)c1noc([C@@H](N)Cc2cnc[nH]2)n1. The third-order valence-corrected chi connectivity index (χ3v) is 2.56. The number of hydrogen-bond acceptors (Lipinski definition) is 6. The lowest BCUT2D eigenvalue weighted by Gasteiger charge is -2.09. The van der Waals surface area contributed by atoms with Crippen molar-refractivity contribution in [2.24, 2.45) is 5.73 Å². The largest absolute Gasteiger partial charge is 0.348 e. The topological polar surface area (TPSA) is 96.9 Å². The molecular weight excluding hydrogens is 220 g/mol. The van der Waals surface area contributed by atoms with E-state index < -0.39 is 0 Å². The molecule has 0 unspecified atom stereocenters. The molecule has 0 bridgehead atoms. The molecule has 0 saturated heterocycles. The van der Waals surface area contributed by atoms with Crippen LogP contribution in [0.5, 0.6) is 0 Å². The minimum atomic E-state index is -0.318.